The molecule has 6 rings (SSSR count). The van der Waals surface area contributed by atoms with Gasteiger partial charge in [-0.2, -0.15) is 4.98 Å². The molecule has 0 bridgehead atoms. The average molecular weight is 526 g/mol. The predicted molar refractivity (Wildman–Crippen MR) is 166 cm³/mol. The number of anilines is 2. The lowest BCUT2D eigenvalue weighted by atomic mass is 10.2. The van der Waals surface area contributed by atoms with Crippen LogP contribution in [0.25, 0.3) is 11.5 Å². The van der Waals surface area contributed by atoms with Gasteiger partial charge in [-0.1, -0.05) is 90.5 Å². The van der Waals surface area contributed by atoms with Crippen LogP contribution in [0.4, 0.5) is 11.6 Å². The maximum absolute atomic E-state index is 6.76. The molecular weight excluding hydrogens is 495 g/mol. The second-order valence-corrected chi connectivity index (χ2v) is 12.9. The maximum Gasteiger partial charge on any atom is 0.266 e. The third kappa shape index (κ3) is 4.56. The first-order valence-corrected chi connectivity index (χ1v) is 14.9. The molecule has 0 aliphatic rings. The van der Waals surface area contributed by atoms with E-state index in [0.29, 0.717) is 5.89 Å². The highest BCUT2D eigenvalue weighted by Gasteiger charge is 2.53. The van der Waals surface area contributed by atoms with E-state index in [9.17, 15) is 0 Å². The molecule has 0 amide bonds. The van der Waals surface area contributed by atoms with Crippen LogP contribution in [0.1, 0.15) is 5.56 Å². The average Bonchev–Trinajstić information content (AvgIpc) is 3.45. The van der Waals surface area contributed by atoms with E-state index in [1.165, 1.54) is 21.5 Å². The van der Waals surface area contributed by atoms with Gasteiger partial charge in [0, 0.05) is 18.3 Å². The minimum absolute atomic E-state index is 0.617. The van der Waals surface area contributed by atoms with E-state index < -0.39 is 7.26 Å². The third-order valence-electron chi connectivity index (χ3n) is 7.09. The molecule has 0 saturated heterocycles. The molecule has 0 fully saturated rings. The van der Waals surface area contributed by atoms with E-state index in [4.69, 9.17) is 9.40 Å². The second-order valence-electron chi connectivity index (χ2n) is 9.59. The zero-order valence-corrected chi connectivity index (χ0v) is 23.0. The van der Waals surface area contributed by atoms with Crippen molar-refractivity contribution in [2.45, 2.75) is 6.92 Å². The largest absolute Gasteiger partial charge is 0.416 e. The Bertz CT molecular complexity index is 1550. The van der Waals surface area contributed by atoms with Gasteiger partial charge in [0.15, 0.2) is 7.26 Å². The summed E-state index contributed by atoms with van der Waals surface area (Å²) in [6, 6.07) is 51.1. The van der Waals surface area contributed by atoms with Crippen LogP contribution in [0.5, 0.6) is 0 Å². The molecule has 4 heteroatoms. The molecule has 0 radical (unpaired) electrons. The summed E-state index contributed by atoms with van der Waals surface area (Å²) in [4.78, 5) is 7.52. The summed E-state index contributed by atoms with van der Waals surface area (Å²) in [7, 11) is -0.405. The molecule has 190 valence electrons. The van der Waals surface area contributed by atoms with Gasteiger partial charge >= 0.3 is 0 Å². The van der Waals surface area contributed by atoms with E-state index in [1.54, 1.807) is 0 Å². The number of aromatic nitrogens is 1. The number of benzene rings is 5. The summed E-state index contributed by atoms with van der Waals surface area (Å²) in [5.74, 6) is 1.37. The van der Waals surface area contributed by atoms with Gasteiger partial charge < -0.3 is 9.32 Å². The zero-order valence-electron chi connectivity index (χ0n) is 22.1. The highest BCUT2D eigenvalue weighted by Crippen LogP contribution is 2.56. The Morgan fingerprint density at radius 1 is 0.564 bits per heavy atom. The van der Waals surface area contributed by atoms with Gasteiger partial charge in [0.2, 0.25) is 5.89 Å². The molecule has 0 aliphatic heterocycles. The van der Waals surface area contributed by atoms with Crippen molar-refractivity contribution >= 4 is 40.2 Å². The van der Waals surface area contributed by atoms with Gasteiger partial charge in [0.05, 0.1) is 0 Å². The summed E-state index contributed by atoms with van der Waals surface area (Å²) in [5.41, 5.74) is 4.17. The SMILES string of the molecule is Cc1ccc(N(C)c2oc(-c3ccccc3)nc2[P+](c2ccccc2)(c2ccccc2)c2ccccc2)cc1. The number of hydrogen-bond acceptors (Lipinski definition) is 3. The Kier molecular flexibility index (Phi) is 6.84. The lowest BCUT2D eigenvalue weighted by Gasteiger charge is -2.27. The molecule has 3 nitrogen and oxygen atoms in total. The van der Waals surface area contributed by atoms with Crippen molar-refractivity contribution in [2.75, 3.05) is 11.9 Å². The van der Waals surface area contributed by atoms with Gasteiger partial charge in [-0.15, -0.1) is 0 Å². The summed E-state index contributed by atoms with van der Waals surface area (Å²) < 4.78 is 6.76. The van der Waals surface area contributed by atoms with Crippen LogP contribution in [0.3, 0.4) is 0 Å². The highest BCUT2D eigenvalue weighted by molar-refractivity contribution is 8.01. The molecule has 1 heterocycles. The molecule has 5 aromatic carbocycles. The number of rotatable bonds is 7. The van der Waals surface area contributed by atoms with E-state index >= 15 is 0 Å². The first-order valence-electron chi connectivity index (χ1n) is 13.1. The number of aryl methyl sites for hydroxylation is 1. The molecule has 0 unspecified atom stereocenters. The molecule has 1 aromatic heterocycles. The minimum atomic E-state index is -2.47. The lowest BCUT2D eigenvalue weighted by molar-refractivity contribution is 0.577. The molecule has 0 spiro atoms. The van der Waals surface area contributed by atoms with Gasteiger partial charge in [-0.25, -0.2) is 0 Å². The highest BCUT2D eigenvalue weighted by atomic mass is 31.2. The van der Waals surface area contributed by atoms with Crippen LogP contribution < -0.4 is 26.2 Å². The molecule has 0 atom stereocenters. The molecular formula is C35H30N2OP+. The second kappa shape index (κ2) is 10.7. The normalized spacial score (nSPS) is 11.3. The van der Waals surface area contributed by atoms with Gasteiger partial charge in [0.1, 0.15) is 15.9 Å². The van der Waals surface area contributed by atoms with Crippen molar-refractivity contribution in [1.29, 1.82) is 0 Å². The first-order chi connectivity index (χ1) is 19.2. The van der Waals surface area contributed by atoms with Gasteiger partial charge in [-0.05, 0) is 67.6 Å². The van der Waals surface area contributed by atoms with Crippen LogP contribution >= 0.6 is 7.26 Å². The summed E-state index contributed by atoms with van der Waals surface area (Å²) in [6.07, 6.45) is 0. The van der Waals surface area contributed by atoms with Gasteiger partial charge in [0.25, 0.3) is 11.3 Å². The Morgan fingerprint density at radius 3 is 1.46 bits per heavy atom. The summed E-state index contributed by atoms with van der Waals surface area (Å²) >= 11 is 0. The molecule has 6 aromatic rings. The maximum atomic E-state index is 6.76. The Morgan fingerprint density at radius 2 is 1.00 bits per heavy atom. The molecule has 0 aliphatic carbocycles. The summed E-state index contributed by atoms with van der Waals surface area (Å²) in [6.45, 7) is 2.11. The first kappa shape index (κ1) is 24.9. The van der Waals surface area contributed by atoms with Crippen molar-refractivity contribution in [3.05, 3.63) is 151 Å². The monoisotopic (exact) mass is 525 g/mol. The minimum Gasteiger partial charge on any atom is -0.416 e. The predicted octanol–water partition coefficient (Wildman–Crippen LogP) is 7.04. The van der Waals surface area contributed by atoms with Crippen LogP contribution in [0.2, 0.25) is 0 Å². The van der Waals surface area contributed by atoms with Crippen LogP contribution in [-0.2, 0) is 0 Å². The Balaban J connectivity index is 1.72. The fourth-order valence-electron chi connectivity index (χ4n) is 5.10. The van der Waals surface area contributed by atoms with Crippen LogP contribution in [-0.4, -0.2) is 12.0 Å². The standard InChI is InChI=1S/C35H30N2OP/c1-27-23-25-29(26-24-27)37(2)35-34(36-33(38-35)28-15-7-3-8-16-28)39(30-17-9-4-10-18-30,31-19-11-5-12-20-31)32-21-13-6-14-22-32/h3-26H,1-2H3/q+1. The molecule has 0 saturated carbocycles. The fourth-order valence-corrected chi connectivity index (χ4v) is 9.31. The van der Waals surface area contributed by atoms with E-state index in [2.05, 4.69) is 146 Å². The summed E-state index contributed by atoms with van der Waals surface area (Å²) in [5, 5.41) is 3.69. The number of hydrogen-bond donors (Lipinski definition) is 0. The van der Waals surface area contributed by atoms with Crippen molar-refractivity contribution in [3.63, 3.8) is 0 Å². The van der Waals surface area contributed by atoms with E-state index in [1.807, 2.05) is 18.2 Å². The Hall–Kier alpha value is -4.46. The quantitative estimate of drug-likeness (QED) is 0.210. The van der Waals surface area contributed by atoms with Crippen LogP contribution in [0, 0.1) is 6.92 Å². The topological polar surface area (TPSA) is 29.3 Å². The third-order valence-corrected chi connectivity index (χ3v) is 11.2. The van der Waals surface area contributed by atoms with E-state index in [-0.39, 0.29) is 0 Å². The number of oxazole rings is 1. The molecule has 39 heavy (non-hydrogen) atoms. The van der Waals surface area contributed by atoms with Gasteiger partial charge in [-0.3, -0.25) is 0 Å². The smallest absolute Gasteiger partial charge is 0.266 e. The van der Waals surface area contributed by atoms with Crippen molar-refractivity contribution in [1.82, 2.24) is 4.98 Å². The van der Waals surface area contributed by atoms with Crippen molar-refractivity contribution < 1.29 is 4.42 Å². The lowest BCUT2D eigenvalue weighted by Crippen LogP contribution is -2.40. The van der Waals surface area contributed by atoms with Crippen molar-refractivity contribution in [2.24, 2.45) is 0 Å². The Labute approximate surface area is 230 Å². The fraction of sp³-hybridized carbons (Fsp3) is 0.0571. The number of nitrogens with zero attached hydrogens (tertiary/aromatic N) is 2. The van der Waals surface area contributed by atoms with E-state index in [0.717, 1.165) is 22.6 Å². The van der Waals surface area contributed by atoms with Crippen LogP contribution in [0.15, 0.2) is 150 Å². The molecule has 0 N–H and O–H groups in total. The zero-order chi connectivity index (χ0) is 26.7. The van der Waals surface area contributed by atoms with Crippen molar-refractivity contribution in [3.8, 4) is 11.5 Å².